The first kappa shape index (κ1) is 17.4. The first-order chi connectivity index (χ1) is 11.2. The molecule has 0 aromatic heterocycles. The van der Waals surface area contributed by atoms with Gasteiger partial charge in [-0.2, -0.15) is 0 Å². The molecule has 0 aliphatic carbocycles. The van der Waals surface area contributed by atoms with Crippen LogP contribution in [0, 0.1) is 17.0 Å². The van der Waals surface area contributed by atoms with E-state index in [4.69, 9.17) is 0 Å². The van der Waals surface area contributed by atoms with Gasteiger partial charge >= 0.3 is 0 Å². The summed E-state index contributed by atoms with van der Waals surface area (Å²) in [7, 11) is -3.91. The minimum atomic E-state index is -3.91. The van der Waals surface area contributed by atoms with E-state index in [1.807, 2.05) is 0 Å². The molecule has 0 heterocycles. The van der Waals surface area contributed by atoms with Crippen LogP contribution >= 0.6 is 0 Å². The molecule has 0 radical (unpaired) electrons. The monoisotopic (exact) mass is 349 g/mol. The summed E-state index contributed by atoms with van der Waals surface area (Å²) >= 11 is 0. The number of nitrogens with zero attached hydrogens (tertiary/aromatic N) is 1. The predicted octanol–water partition coefficient (Wildman–Crippen LogP) is 2.66. The number of hydrogen-bond acceptors (Lipinski definition) is 5. The number of rotatable bonds is 5. The highest BCUT2D eigenvalue weighted by Crippen LogP contribution is 2.27. The lowest BCUT2D eigenvalue weighted by Gasteiger charge is -2.11. The Morgan fingerprint density at radius 2 is 1.75 bits per heavy atom. The minimum Gasteiger partial charge on any atom is -0.326 e. The molecule has 126 valence electrons. The number of carbonyl (C=O) groups excluding carboxylic acids is 1. The molecule has 0 spiro atoms. The molecule has 8 nitrogen and oxygen atoms in total. The second kappa shape index (κ2) is 6.67. The first-order valence-corrected chi connectivity index (χ1v) is 8.33. The van der Waals surface area contributed by atoms with Gasteiger partial charge in [-0.15, -0.1) is 0 Å². The van der Waals surface area contributed by atoms with Gasteiger partial charge in [0.25, 0.3) is 15.7 Å². The summed E-state index contributed by atoms with van der Waals surface area (Å²) in [5, 5.41) is 13.5. The van der Waals surface area contributed by atoms with E-state index in [0.717, 1.165) is 0 Å². The average Bonchev–Trinajstić information content (AvgIpc) is 2.49. The van der Waals surface area contributed by atoms with Gasteiger partial charge in [-0.25, -0.2) is 8.42 Å². The maximum absolute atomic E-state index is 12.4. The first-order valence-electron chi connectivity index (χ1n) is 6.85. The Kier molecular flexibility index (Phi) is 4.84. The van der Waals surface area contributed by atoms with E-state index in [1.54, 1.807) is 0 Å². The number of amides is 1. The van der Waals surface area contributed by atoms with Crippen LogP contribution in [0.25, 0.3) is 0 Å². The summed E-state index contributed by atoms with van der Waals surface area (Å²) < 4.78 is 27.1. The van der Waals surface area contributed by atoms with Crippen LogP contribution in [-0.2, 0) is 14.8 Å². The second-order valence-corrected chi connectivity index (χ2v) is 6.70. The molecular formula is C15H15N3O5S. The van der Waals surface area contributed by atoms with E-state index in [0.29, 0.717) is 5.69 Å². The molecule has 0 aliphatic rings. The highest BCUT2D eigenvalue weighted by molar-refractivity contribution is 7.92. The molecule has 2 rings (SSSR count). The largest absolute Gasteiger partial charge is 0.326 e. The van der Waals surface area contributed by atoms with Crippen LogP contribution in [0.1, 0.15) is 12.5 Å². The number of sulfonamides is 1. The smallest absolute Gasteiger partial charge is 0.274 e. The van der Waals surface area contributed by atoms with Gasteiger partial charge in [-0.05, 0) is 37.3 Å². The van der Waals surface area contributed by atoms with Crippen molar-refractivity contribution < 1.29 is 18.1 Å². The summed E-state index contributed by atoms with van der Waals surface area (Å²) in [5.41, 5.74) is 0.653. The van der Waals surface area contributed by atoms with Gasteiger partial charge in [0.1, 0.15) is 0 Å². The number of nitrogens with one attached hydrogen (secondary N) is 2. The molecule has 24 heavy (non-hydrogen) atoms. The molecule has 2 N–H and O–H groups in total. The van der Waals surface area contributed by atoms with Gasteiger partial charge in [0, 0.05) is 18.7 Å². The highest BCUT2D eigenvalue weighted by Gasteiger charge is 2.19. The fourth-order valence-electron chi connectivity index (χ4n) is 2.06. The topological polar surface area (TPSA) is 118 Å². The Morgan fingerprint density at radius 3 is 2.29 bits per heavy atom. The van der Waals surface area contributed by atoms with E-state index in [9.17, 15) is 23.3 Å². The zero-order chi connectivity index (χ0) is 17.9. The summed E-state index contributed by atoms with van der Waals surface area (Å²) in [4.78, 5) is 21.3. The summed E-state index contributed by atoms with van der Waals surface area (Å²) in [5.74, 6) is -0.268. The van der Waals surface area contributed by atoms with Crippen molar-refractivity contribution in [2.75, 3.05) is 10.0 Å². The maximum Gasteiger partial charge on any atom is 0.274 e. The fourth-order valence-corrected chi connectivity index (χ4v) is 3.18. The van der Waals surface area contributed by atoms with Crippen molar-refractivity contribution >= 4 is 33.0 Å². The number of carbonyl (C=O) groups is 1. The van der Waals surface area contributed by atoms with Crippen molar-refractivity contribution in [1.82, 2.24) is 0 Å². The third-order valence-corrected chi connectivity index (χ3v) is 4.61. The molecule has 2 aromatic rings. The van der Waals surface area contributed by atoms with E-state index in [2.05, 4.69) is 10.0 Å². The van der Waals surface area contributed by atoms with Crippen LogP contribution in [0.15, 0.2) is 47.4 Å². The van der Waals surface area contributed by atoms with E-state index >= 15 is 0 Å². The Bertz CT molecular complexity index is 892. The van der Waals surface area contributed by atoms with Crippen LogP contribution in [0.3, 0.4) is 0 Å². The lowest BCUT2D eigenvalue weighted by Crippen LogP contribution is -2.14. The van der Waals surface area contributed by atoms with Crippen LogP contribution in [0.4, 0.5) is 17.1 Å². The SMILES string of the molecule is CC(=O)Nc1ccc(S(=O)(=O)Nc2cccc([N+](=O)[O-])c2C)cc1. The molecule has 0 unspecified atom stereocenters. The molecule has 0 saturated carbocycles. The summed E-state index contributed by atoms with van der Waals surface area (Å²) in [6, 6.07) is 9.73. The molecule has 9 heteroatoms. The molecule has 0 saturated heterocycles. The van der Waals surface area contributed by atoms with Gasteiger partial charge in [0.2, 0.25) is 5.91 Å². The minimum absolute atomic E-state index is 0.0255. The van der Waals surface area contributed by atoms with E-state index < -0.39 is 14.9 Å². The quantitative estimate of drug-likeness (QED) is 0.635. The lowest BCUT2D eigenvalue weighted by molar-refractivity contribution is -0.385. The fraction of sp³-hybridized carbons (Fsp3) is 0.133. The number of nitro groups is 1. The van der Waals surface area contributed by atoms with Gasteiger partial charge in [0.15, 0.2) is 0 Å². The number of hydrogen-bond donors (Lipinski definition) is 2. The second-order valence-electron chi connectivity index (χ2n) is 5.02. The molecule has 0 fully saturated rings. The standard InChI is InChI=1S/C15H15N3O5S/c1-10-14(4-3-5-15(10)18(20)21)17-24(22,23)13-8-6-12(7-9-13)16-11(2)19/h3-9,17H,1-2H3,(H,16,19). The van der Waals surface area contributed by atoms with Crippen molar-refractivity contribution in [3.63, 3.8) is 0 Å². The average molecular weight is 349 g/mol. The summed E-state index contributed by atoms with van der Waals surface area (Å²) in [6.45, 7) is 2.81. The molecule has 2 aromatic carbocycles. The third kappa shape index (κ3) is 3.87. The lowest BCUT2D eigenvalue weighted by atomic mass is 10.2. The number of nitro benzene ring substituents is 1. The van der Waals surface area contributed by atoms with Crippen LogP contribution in [0.2, 0.25) is 0 Å². The third-order valence-electron chi connectivity index (χ3n) is 3.23. The molecule has 0 bridgehead atoms. The Labute approximate surface area is 138 Å². The normalized spacial score (nSPS) is 10.9. The van der Waals surface area contributed by atoms with Crippen molar-refractivity contribution in [1.29, 1.82) is 0 Å². The highest BCUT2D eigenvalue weighted by atomic mass is 32.2. The van der Waals surface area contributed by atoms with Crippen molar-refractivity contribution in [3.8, 4) is 0 Å². The zero-order valence-electron chi connectivity index (χ0n) is 12.9. The Morgan fingerprint density at radius 1 is 1.12 bits per heavy atom. The van der Waals surface area contributed by atoms with Crippen molar-refractivity contribution in [3.05, 3.63) is 58.1 Å². The van der Waals surface area contributed by atoms with E-state index in [-0.39, 0.29) is 27.7 Å². The molecule has 0 aliphatic heterocycles. The Hall–Kier alpha value is -2.94. The number of anilines is 2. The van der Waals surface area contributed by atoms with Crippen LogP contribution in [0.5, 0.6) is 0 Å². The summed E-state index contributed by atoms with van der Waals surface area (Å²) in [6.07, 6.45) is 0. The zero-order valence-corrected chi connectivity index (χ0v) is 13.8. The van der Waals surface area contributed by atoms with Crippen LogP contribution in [-0.4, -0.2) is 19.2 Å². The van der Waals surface area contributed by atoms with Crippen LogP contribution < -0.4 is 10.0 Å². The Balaban J connectivity index is 2.30. The van der Waals surface area contributed by atoms with Gasteiger partial charge < -0.3 is 5.32 Å². The predicted molar refractivity (Wildman–Crippen MR) is 89.4 cm³/mol. The van der Waals surface area contributed by atoms with Gasteiger partial charge in [0.05, 0.1) is 21.1 Å². The molecule has 0 atom stereocenters. The van der Waals surface area contributed by atoms with Gasteiger partial charge in [-0.1, -0.05) is 6.07 Å². The number of benzene rings is 2. The molecular weight excluding hydrogens is 334 g/mol. The molecule has 1 amide bonds. The maximum atomic E-state index is 12.4. The van der Waals surface area contributed by atoms with E-state index in [1.165, 1.54) is 56.3 Å². The van der Waals surface area contributed by atoms with Crippen molar-refractivity contribution in [2.24, 2.45) is 0 Å². The van der Waals surface area contributed by atoms with Crippen molar-refractivity contribution in [2.45, 2.75) is 18.7 Å². The van der Waals surface area contributed by atoms with Gasteiger partial charge in [-0.3, -0.25) is 19.6 Å².